The number of hydrogen-bond donors (Lipinski definition) is 1. The quantitative estimate of drug-likeness (QED) is 0.576. The Kier molecular flexibility index (Phi) is 6.67. The molecule has 1 N–H and O–H groups in total. The average molecular weight is 413 g/mol. The standard InChI is InChI=1S/C22H21ClN2O4/c1-2-29-21(27)12-9-15-7-10-17(11-8-15)24-22(28)16-13-20(26)25(14-16)19-6-4-3-5-18(19)23/h3-12,16H,2,13-14H2,1H3,(H,24,28)/b12-9+. The van der Waals surface area contributed by atoms with Crippen molar-refractivity contribution in [3.63, 3.8) is 0 Å². The Morgan fingerprint density at radius 3 is 2.62 bits per heavy atom. The van der Waals surface area contributed by atoms with Crippen LogP contribution in [-0.2, 0) is 19.1 Å². The molecule has 2 aromatic rings. The molecule has 0 aromatic heterocycles. The number of carbonyl (C=O) groups excluding carboxylic acids is 3. The smallest absolute Gasteiger partial charge is 0.330 e. The van der Waals surface area contributed by atoms with Crippen molar-refractivity contribution < 1.29 is 19.1 Å². The Labute approximate surface area is 174 Å². The Morgan fingerprint density at radius 2 is 1.93 bits per heavy atom. The van der Waals surface area contributed by atoms with Gasteiger partial charge in [0.05, 0.1) is 23.2 Å². The highest BCUT2D eigenvalue weighted by molar-refractivity contribution is 6.33. The van der Waals surface area contributed by atoms with E-state index in [2.05, 4.69) is 5.32 Å². The maximum Gasteiger partial charge on any atom is 0.330 e. The van der Waals surface area contributed by atoms with Crippen molar-refractivity contribution >= 4 is 46.8 Å². The van der Waals surface area contributed by atoms with Crippen molar-refractivity contribution in [3.8, 4) is 0 Å². The molecule has 150 valence electrons. The van der Waals surface area contributed by atoms with Crippen LogP contribution in [0.1, 0.15) is 18.9 Å². The van der Waals surface area contributed by atoms with E-state index in [1.165, 1.54) is 6.08 Å². The van der Waals surface area contributed by atoms with E-state index >= 15 is 0 Å². The van der Waals surface area contributed by atoms with Crippen molar-refractivity contribution in [3.05, 3.63) is 65.2 Å². The molecule has 29 heavy (non-hydrogen) atoms. The molecule has 0 bridgehead atoms. The third kappa shape index (κ3) is 5.23. The molecule has 0 aliphatic carbocycles. The van der Waals surface area contributed by atoms with Gasteiger partial charge in [-0.25, -0.2) is 4.79 Å². The van der Waals surface area contributed by atoms with Gasteiger partial charge in [-0.05, 0) is 42.8 Å². The third-order valence-electron chi connectivity index (χ3n) is 4.52. The summed E-state index contributed by atoms with van der Waals surface area (Å²) in [6.07, 6.45) is 3.13. The molecule has 1 fully saturated rings. The van der Waals surface area contributed by atoms with Crippen LogP contribution in [0.25, 0.3) is 6.08 Å². The zero-order valence-corrected chi connectivity index (χ0v) is 16.7. The number of rotatable bonds is 6. The summed E-state index contributed by atoms with van der Waals surface area (Å²) in [7, 11) is 0. The van der Waals surface area contributed by atoms with Gasteiger partial charge in [0.1, 0.15) is 0 Å². The predicted molar refractivity (Wildman–Crippen MR) is 113 cm³/mol. The minimum absolute atomic E-state index is 0.127. The van der Waals surface area contributed by atoms with Crippen LogP contribution in [0.15, 0.2) is 54.6 Å². The number of amides is 2. The van der Waals surface area contributed by atoms with Crippen LogP contribution in [0.2, 0.25) is 5.02 Å². The second-order valence-corrected chi connectivity index (χ2v) is 6.96. The minimum atomic E-state index is -0.456. The van der Waals surface area contributed by atoms with Gasteiger partial charge in [-0.3, -0.25) is 9.59 Å². The van der Waals surface area contributed by atoms with Gasteiger partial charge in [0.25, 0.3) is 0 Å². The molecule has 1 atom stereocenters. The largest absolute Gasteiger partial charge is 0.463 e. The summed E-state index contributed by atoms with van der Waals surface area (Å²) in [4.78, 5) is 37.8. The molecule has 1 saturated heterocycles. The maximum absolute atomic E-state index is 12.6. The third-order valence-corrected chi connectivity index (χ3v) is 4.84. The molecule has 3 rings (SSSR count). The summed E-state index contributed by atoms with van der Waals surface area (Å²) in [6.45, 7) is 2.36. The highest BCUT2D eigenvalue weighted by Gasteiger charge is 2.35. The first kappa shape index (κ1) is 20.6. The van der Waals surface area contributed by atoms with Crippen LogP contribution in [-0.4, -0.2) is 30.9 Å². The van der Waals surface area contributed by atoms with Crippen molar-refractivity contribution in [2.24, 2.45) is 5.92 Å². The van der Waals surface area contributed by atoms with E-state index in [1.807, 2.05) is 0 Å². The van der Waals surface area contributed by atoms with Crippen molar-refractivity contribution in [1.29, 1.82) is 0 Å². The number of nitrogens with zero attached hydrogens (tertiary/aromatic N) is 1. The first-order chi connectivity index (χ1) is 14.0. The Bertz CT molecular complexity index is 940. The maximum atomic E-state index is 12.6. The van der Waals surface area contributed by atoms with Crippen LogP contribution >= 0.6 is 11.6 Å². The van der Waals surface area contributed by atoms with Crippen LogP contribution < -0.4 is 10.2 Å². The van der Waals surface area contributed by atoms with Crippen LogP contribution in [0.3, 0.4) is 0 Å². The van der Waals surface area contributed by atoms with E-state index in [1.54, 1.807) is 66.4 Å². The van der Waals surface area contributed by atoms with E-state index in [-0.39, 0.29) is 24.8 Å². The average Bonchev–Trinajstić information content (AvgIpc) is 3.10. The second kappa shape index (κ2) is 9.39. The van der Waals surface area contributed by atoms with Gasteiger partial charge in [0, 0.05) is 24.7 Å². The van der Waals surface area contributed by atoms with Gasteiger partial charge < -0.3 is 15.0 Å². The van der Waals surface area contributed by atoms with Crippen LogP contribution in [0, 0.1) is 5.92 Å². The molecular formula is C22H21ClN2O4. The van der Waals surface area contributed by atoms with Crippen molar-refractivity contribution in [2.45, 2.75) is 13.3 Å². The molecule has 0 radical (unpaired) electrons. The zero-order valence-electron chi connectivity index (χ0n) is 15.9. The number of esters is 1. The normalized spacial score (nSPS) is 16.3. The number of anilines is 2. The number of benzene rings is 2. The number of para-hydroxylation sites is 1. The number of carbonyl (C=O) groups is 3. The lowest BCUT2D eigenvalue weighted by Crippen LogP contribution is -2.28. The molecule has 1 heterocycles. The molecule has 0 spiro atoms. The molecule has 1 unspecified atom stereocenters. The minimum Gasteiger partial charge on any atom is -0.463 e. The van der Waals surface area contributed by atoms with Gasteiger partial charge in [0.15, 0.2) is 0 Å². The molecule has 1 aliphatic heterocycles. The van der Waals surface area contributed by atoms with Crippen molar-refractivity contribution in [1.82, 2.24) is 0 Å². The van der Waals surface area contributed by atoms with Gasteiger partial charge in [-0.15, -0.1) is 0 Å². The highest BCUT2D eigenvalue weighted by atomic mass is 35.5. The van der Waals surface area contributed by atoms with Crippen LogP contribution in [0.4, 0.5) is 11.4 Å². The lowest BCUT2D eigenvalue weighted by molar-refractivity contribution is -0.137. The summed E-state index contributed by atoms with van der Waals surface area (Å²) in [5.74, 6) is -1.21. The molecule has 2 aromatic carbocycles. The number of hydrogen-bond acceptors (Lipinski definition) is 4. The van der Waals surface area contributed by atoms with Crippen LogP contribution in [0.5, 0.6) is 0 Å². The van der Waals surface area contributed by atoms with Gasteiger partial charge >= 0.3 is 5.97 Å². The van der Waals surface area contributed by atoms with Gasteiger partial charge in [-0.2, -0.15) is 0 Å². The van der Waals surface area contributed by atoms with E-state index in [0.717, 1.165) is 5.56 Å². The summed E-state index contributed by atoms with van der Waals surface area (Å²) < 4.78 is 4.83. The fraction of sp³-hybridized carbons (Fsp3) is 0.227. The summed E-state index contributed by atoms with van der Waals surface area (Å²) in [5, 5.41) is 3.32. The molecule has 1 aliphatic rings. The molecule has 2 amide bonds. The lowest BCUT2D eigenvalue weighted by Gasteiger charge is -2.18. The fourth-order valence-electron chi connectivity index (χ4n) is 3.06. The number of halogens is 1. The Hall–Kier alpha value is -3.12. The molecular weight excluding hydrogens is 392 g/mol. The molecule has 7 heteroatoms. The first-order valence-electron chi connectivity index (χ1n) is 9.28. The Morgan fingerprint density at radius 1 is 1.21 bits per heavy atom. The van der Waals surface area contributed by atoms with E-state index < -0.39 is 11.9 Å². The topological polar surface area (TPSA) is 75.7 Å². The SMILES string of the molecule is CCOC(=O)/C=C/c1ccc(NC(=O)C2CC(=O)N(c3ccccc3Cl)C2)cc1. The van der Waals surface area contributed by atoms with Gasteiger partial charge in [-0.1, -0.05) is 35.9 Å². The highest BCUT2D eigenvalue weighted by Crippen LogP contribution is 2.31. The molecule has 0 saturated carbocycles. The van der Waals surface area contributed by atoms with E-state index in [4.69, 9.17) is 16.3 Å². The second-order valence-electron chi connectivity index (χ2n) is 6.55. The summed E-state index contributed by atoms with van der Waals surface area (Å²) in [6, 6.07) is 14.1. The van der Waals surface area contributed by atoms with E-state index in [0.29, 0.717) is 23.0 Å². The summed E-state index contributed by atoms with van der Waals surface area (Å²) >= 11 is 6.18. The fourth-order valence-corrected chi connectivity index (χ4v) is 3.30. The van der Waals surface area contributed by atoms with E-state index in [9.17, 15) is 14.4 Å². The monoisotopic (exact) mass is 412 g/mol. The first-order valence-corrected chi connectivity index (χ1v) is 9.66. The molecule has 6 nitrogen and oxygen atoms in total. The Balaban J connectivity index is 1.60. The van der Waals surface area contributed by atoms with Crippen molar-refractivity contribution in [2.75, 3.05) is 23.4 Å². The summed E-state index contributed by atoms with van der Waals surface area (Å²) in [5.41, 5.74) is 2.04. The number of ether oxygens (including phenoxy) is 1. The lowest BCUT2D eigenvalue weighted by atomic mass is 10.1. The zero-order chi connectivity index (χ0) is 20.8. The predicted octanol–water partition coefficient (Wildman–Crippen LogP) is 3.91. The van der Waals surface area contributed by atoms with Gasteiger partial charge in [0.2, 0.25) is 11.8 Å². The number of nitrogens with one attached hydrogen (secondary N) is 1.